The van der Waals surface area contributed by atoms with Gasteiger partial charge in [-0.25, -0.2) is 13.1 Å². The van der Waals surface area contributed by atoms with Crippen LogP contribution in [0.25, 0.3) is 0 Å². The number of rotatable bonds is 5. The van der Waals surface area contributed by atoms with Gasteiger partial charge in [0, 0.05) is 12.3 Å². The minimum Gasteiger partial charge on any atom is -0.497 e. The van der Waals surface area contributed by atoms with E-state index in [-0.39, 0.29) is 17.1 Å². The summed E-state index contributed by atoms with van der Waals surface area (Å²) in [4.78, 5) is 0.00203. The minimum atomic E-state index is -3.71. The molecule has 106 valence electrons. The van der Waals surface area contributed by atoms with Gasteiger partial charge in [-0.05, 0) is 24.3 Å². The number of aromatic nitrogens is 2. The summed E-state index contributed by atoms with van der Waals surface area (Å²) in [5, 5.41) is 7.47. The smallest absolute Gasteiger partial charge is 0.242 e. The van der Waals surface area contributed by atoms with Gasteiger partial charge in [0.05, 0.1) is 25.0 Å². The highest BCUT2D eigenvalue weighted by Crippen LogP contribution is 2.23. The molecule has 7 nitrogen and oxygen atoms in total. The molecule has 0 atom stereocenters. The van der Waals surface area contributed by atoms with Gasteiger partial charge >= 0.3 is 0 Å². The molecule has 0 bridgehead atoms. The predicted octanol–water partition coefficient (Wildman–Crippen LogP) is 0.546. The van der Waals surface area contributed by atoms with Crippen LogP contribution in [-0.4, -0.2) is 25.7 Å². The Hall–Kier alpha value is -2.19. The Morgan fingerprint density at radius 3 is 2.75 bits per heavy atom. The van der Waals surface area contributed by atoms with Crippen molar-refractivity contribution in [3.8, 4) is 5.75 Å². The molecule has 0 fully saturated rings. The van der Waals surface area contributed by atoms with Gasteiger partial charge in [0.2, 0.25) is 10.0 Å². The van der Waals surface area contributed by atoms with Gasteiger partial charge in [0.1, 0.15) is 10.6 Å². The van der Waals surface area contributed by atoms with Crippen LogP contribution >= 0.6 is 0 Å². The van der Waals surface area contributed by atoms with E-state index in [1.165, 1.54) is 31.5 Å². The maximum Gasteiger partial charge on any atom is 0.242 e. The van der Waals surface area contributed by atoms with Gasteiger partial charge in [-0.1, -0.05) is 0 Å². The Bertz CT molecular complexity index is 689. The summed E-state index contributed by atoms with van der Waals surface area (Å²) in [6, 6.07) is 7.74. The molecule has 0 aliphatic heterocycles. The molecule has 0 amide bonds. The molecule has 2 aromatic rings. The lowest BCUT2D eigenvalue weighted by Gasteiger charge is -2.09. The molecule has 0 spiro atoms. The lowest BCUT2D eigenvalue weighted by molar-refractivity contribution is 0.414. The van der Waals surface area contributed by atoms with Crippen molar-refractivity contribution in [1.82, 2.24) is 14.9 Å². The predicted molar refractivity (Wildman–Crippen MR) is 73.5 cm³/mol. The van der Waals surface area contributed by atoms with E-state index < -0.39 is 10.0 Å². The second-order valence-electron chi connectivity index (χ2n) is 3.94. The fraction of sp³-hybridized carbons (Fsp3) is 0.167. The van der Waals surface area contributed by atoms with Crippen LogP contribution in [0.4, 0.5) is 5.69 Å². The highest BCUT2D eigenvalue weighted by atomic mass is 32.2. The van der Waals surface area contributed by atoms with Crippen molar-refractivity contribution in [2.45, 2.75) is 11.4 Å². The topological polar surface area (TPSA) is 107 Å². The zero-order valence-corrected chi connectivity index (χ0v) is 11.6. The first-order valence-corrected chi connectivity index (χ1v) is 7.21. The van der Waals surface area contributed by atoms with Crippen LogP contribution in [0, 0.1) is 0 Å². The summed E-state index contributed by atoms with van der Waals surface area (Å²) in [5.74, 6) is 0.496. The summed E-state index contributed by atoms with van der Waals surface area (Å²) in [7, 11) is -2.23. The van der Waals surface area contributed by atoms with E-state index in [9.17, 15) is 8.42 Å². The SMILES string of the molecule is COc1ccc(S(=O)(=O)NCc2cccnn2)c(N)c1. The number of hydrogen-bond acceptors (Lipinski definition) is 6. The monoisotopic (exact) mass is 294 g/mol. The number of methoxy groups -OCH3 is 1. The first-order chi connectivity index (χ1) is 9.53. The van der Waals surface area contributed by atoms with E-state index in [1.54, 1.807) is 12.1 Å². The van der Waals surface area contributed by atoms with Crippen molar-refractivity contribution in [2.75, 3.05) is 12.8 Å². The molecular weight excluding hydrogens is 280 g/mol. The molecule has 20 heavy (non-hydrogen) atoms. The average Bonchev–Trinajstić information content (AvgIpc) is 2.46. The van der Waals surface area contributed by atoms with Gasteiger partial charge < -0.3 is 10.5 Å². The van der Waals surface area contributed by atoms with Gasteiger partial charge in [-0.2, -0.15) is 10.2 Å². The maximum absolute atomic E-state index is 12.1. The molecule has 0 unspecified atom stereocenters. The minimum absolute atomic E-state index is 0.00203. The van der Waals surface area contributed by atoms with Gasteiger partial charge in [-0.15, -0.1) is 0 Å². The van der Waals surface area contributed by atoms with Crippen molar-refractivity contribution in [3.05, 3.63) is 42.2 Å². The van der Waals surface area contributed by atoms with E-state index in [0.717, 1.165) is 0 Å². The number of nitrogens with two attached hydrogens (primary N) is 1. The van der Waals surface area contributed by atoms with Crippen LogP contribution in [0.5, 0.6) is 5.75 Å². The Morgan fingerprint density at radius 1 is 1.35 bits per heavy atom. The normalized spacial score (nSPS) is 11.2. The molecule has 8 heteroatoms. The van der Waals surface area contributed by atoms with Crippen LogP contribution in [0.2, 0.25) is 0 Å². The van der Waals surface area contributed by atoms with Crippen molar-refractivity contribution >= 4 is 15.7 Å². The van der Waals surface area contributed by atoms with Crippen LogP contribution < -0.4 is 15.2 Å². The molecule has 0 aliphatic carbocycles. The number of ether oxygens (including phenoxy) is 1. The van der Waals surface area contributed by atoms with Gasteiger partial charge in [0.25, 0.3) is 0 Å². The van der Waals surface area contributed by atoms with Crippen molar-refractivity contribution < 1.29 is 13.2 Å². The average molecular weight is 294 g/mol. The van der Waals surface area contributed by atoms with Crippen molar-refractivity contribution in [3.63, 3.8) is 0 Å². The van der Waals surface area contributed by atoms with Gasteiger partial charge in [0.15, 0.2) is 0 Å². The summed E-state index contributed by atoms with van der Waals surface area (Å²) >= 11 is 0. The molecule has 1 aromatic heterocycles. The fourth-order valence-electron chi connectivity index (χ4n) is 1.57. The van der Waals surface area contributed by atoms with Crippen LogP contribution in [0.3, 0.4) is 0 Å². The van der Waals surface area contributed by atoms with Crippen LogP contribution in [-0.2, 0) is 16.6 Å². The maximum atomic E-state index is 12.1. The Morgan fingerprint density at radius 2 is 2.15 bits per heavy atom. The quantitative estimate of drug-likeness (QED) is 0.780. The molecule has 1 heterocycles. The van der Waals surface area contributed by atoms with E-state index in [1.807, 2.05) is 0 Å². The molecule has 0 saturated carbocycles. The van der Waals surface area contributed by atoms with E-state index in [2.05, 4.69) is 14.9 Å². The second kappa shape index (κ2) is 5.85. The third-order valence-corrected chi connectivity index (χ3v) is 4.05. The third-order valence-electron chi connectivity index (χ3n) is 2.58. The summed E-state index contributed by atoms with van der Waals surface area (Å²) in [6.07, 6.45) is 1.51. The Labute approximate surface area is 116 Å². The van der Waals surface area contributed by atoms with Crippen LogP contribution in [0.15, 0.2) is 41.4 Å². The number of sulfonamides is 1. The zero-order chi connectivity index (χ0) is 14.6. The largest absolute Gasteiger partial charge is 0.497 e. The van der Waals surface area contributed by atoms with E-state index >= 15 is 0 Å². The Balaban J connectivity index is 2.18. The molecular formula is C12H14N4O3S. The number of benzene rings is 1. The van der Waals surface area contributed by atoms with Crippen LogP contribution in [0.1, 0.15) is 5.69 Å². The third kappa shape index (κ3) is 3.22. The summed E-state index contributed by atoms with van der Waals surface area (Å²) in [6.45, 7) is 0.0433. The fourth-order valence-corrected chi connectivity index (χ4v) is 2.68. The second-order valence-corrected chi connectivity index (χ2v) is 5.68. The molecule has 1 aromatic carbocycles. The van der Waals surface area contributed by atoms with Crippen molar-refractivity contribution in [1.29, 1.82) is 0 Å². The van der Waals surface area contributed by atoms with E-state index in [4.69, 9.17) is 10.5 Å². The molecule has 0 saturated heterocycles. The van der Waals surface area contributed by atoms with E-state index in [0.29, 0.717) is 11.4 Å². The number of anilines is 1. The first-order valence-electron chi connectivity index (χ1n) is 5.72. The molecule has 3 N–H and O–H groups in total. The Kier molecular flexibility index (Phi) is 4.16. The summed E-state index contributed by atoms with van der Waals surface area (Å²) in [5.41, 5.74) is 6.36. The number of nitrogens with one attached hydrogen (secondary N) is 1. The lowest BCUT2D eigenvalue weighted by atomic mass is 10.3. The first kappa shape index (κ1) is 14.2. The molecule has 0 aliphatic rings. The highest BCUT2D eigenvalue weighted by Gasteiger charge is 2.17. The number of nitrogen functional groups attached to an aromatic ring is 1. The molecule has 0 radical (unpaired) electrons. The highest BCUT2D eigenvalue weighted by molar-refractivity contribution is 7.89. The number of hydrogen-bond donors (Lipinski definition) is 2. The van der Waals surface area contributed by atoms with Crippen molar-refractivity contribution in [2.24, 2.45) is 0 Å². The number of nitrogens with zero attached hydrogens (tertiary/aromatic N) is 2. The van der Waals surface area contributed by atoms with Gasteiger partial charge in [-0.3, -0.25) is 0 Å². The molecule has 2 rings (SSSR count). The lowest BCUT2D eigenvalue weighted by Crippen LogP contribution is -2.24. The zero-order valence-electron chi connectivity index (χ0n) is 10.8. The summed E-state index contributed by atoms with van der Waals surface area (Å²) < 4.78 is 31.7. The standard InChI is InChI=1S/C12H14N4O3S/c1-19-10-4-5-12(11(13)7-10)20(17,18)15-8-9-3-2-6-14-16-9/h2-7,15H,8,13H2,1H3.